The number of nitrogens with zero attached hydrogens (tertiary/aromatic N) is 1. The van der Waals surface area contributed by atoms with Crippen LogP contribution in [0.2, 0.25) is 0 Å². The summed E-state index contributed by atoms with van der Waals surface area (Å²) in [5.74, 6) is -0.189. The lowest BCUT2D eigenvalue weighted by atomic mass is 10.1. The van der Waals surface area contributed by atoms with Crippen LogP contribution in [0.3, 0.4) is 0 Å². The number of halogens is 1. The topological polar surface area (TPSA) is 97.5 Å². The molecule has 0 heterocycles. The van der Waals surface area contributed by atoms with E-state index in [0.29, 0.717) is 0 Å². The summed E-state index contributed by atoms with van der Waals surface area (Å²) in [6, 6.07) is 4.92. The minimum atomic E-state index is -3.59. The first kappa shape index (κ1) is 14.9. The fourth-order valence-corrected chi connectivity index (χ4v) is 2.69. The van der Waals surface area contributed by atoms with E-state index in [4.69, 9.17) is 11.6 Å². The maximum atomic E-state index is 11.5. The molecule has 6 nitrogen and oxygen atoms in total. The van der Waals surface area contributed by atoms with E-state index in [0.717, 1.165) is 0 Å². The summed E-state index contributed by atoms with van der Waals surface area (Å²) in [6.07, 6.45) is -1.42. The van der Waals surface area contributed by atoms with Gasteiger partial charge < -0.3 is 5.11 Å². The highest BCUT2D eigenvalue weighted by Gasteiger charge is 2.30. The number of nitro groups is 1. The molecule has 0 fully saturated rings. The van der Waals surface area contributed by atoms with Gasteiger partial charge in [-0.25, -0.2) is 8.42 Å². The molecule has 0 aliphatic rings. The Bertz CT molecular complexity index is 528. The number of rotatable bonds is 5. The van der Waals surface area contributed by atoms with Crippen LogP contribution in [0.4, 0.5) is 5.69 Å². The monoisotopic (exact) mass is 293 g/mol. The molecule has 0 spiro atoms. The molecule has 2 atom stereocenters. The predicted octanol–water partition coefficient (Wildman–Crippen LogP) is 1.63. The van der Waals surface area contributed by atoms with Crippen molar-refractivity contribution in [2.75, 3.05) is 5.75 Å². The fraction of sp³-hybridized carbons (Fsp3) is 0.400. The zero-order chi connectivity index (χ0) is 13.9. The van der Waals surface area contributed by atoms with Gasteiger partial charge in [-0.2, -0.15) is 0 Å². The maximum Gasteiger partial charge on any atom is 0.269 e. The van der Waals surface area contributed by atoms with Gasteiger partial charge >= 0.3 is 0 Å². The highest BCUT2D eigenvalue weighted by molar-refractivity contribution is 7.93. The standard InChI is InChI=1S/C10H12ClNO5S/c1-2-18(16,17)10(11)9(13)7-3-5-8(6-4-7)12(14)15/h3-6,9-10,13H,2H2,1H3/t9-,10-/m0/s1. The number of non-ortho nitro benzene ring substituents is 1. The minimum Gasteiger partial charge on any atom is -0.386 e. The van der Waals surface area contributed by atoms with Gasteiger partial charge in [-0.1, -0.05) is 6.92 Å². The Kier molecular flexibility index (Phi) is 4.66. The minimum absolute atomic E-state index is 0.143. The summed E-state index contributed by atoms with van der Waals surface area (Å²) in [5.41, 5.74) is 0.0769. The Morgan fingerprint density at radius 2 is 1.89 bits per heavy atom. The van der Waals surface area contributed by atoms with Crippen molar-refractivity contribution in [3.05, 3.63) is 39.9 Å². The van der Waals surface area contributed by atoms with E-state index in [1.807, 2.05) is 0 Å². The number of hydrogen-bond donors (Lipinski definition) is 1. The second-order valence-corrected chi connectivity index (χ2v) is 6.74. The van der Waals surface area contributed by atoms with E-state index in [9.17, 15) is 23.6 Å². The van der Waals surface area contributed by atoms with E-state index < -0.39 is 25.6 Å². The van der Waals surface area contributed by atoms with Gasteiger partial charge in [-0.15, -0.1) is 11.6 Å². The SMILES string of the molecule is CCS(=O)(=O)[C@H](Cl)[C@@H](O)c1ccc([N+](=O)[O-])cc1. The van der Waals surface area contributed by atoms with Crippen LogP contribution in [0.25, 0.3) is 0 Å². The number of nitro benzene ring substituents is 1. The molecule has 0 aromatic heterocycles. The Morgan fingerprint density at radius 3 is 2.28 bits per heavy atom. The summed E-state index contributed by atoms with van der Waals surface area (Å²) < 4.78 is 21.5. The average molecular weight is 294 g/mol. The molecule has 1 aromatic carbocycles. The van der Waals surface area contributed by atoms with Crippen molar-refractivity contribution < 1.29 is 18.4 Å². The smallest absolute Gasteiger partial charge is 0.269 e. The number of aliphatic hydroxyl groups excluding tert-OH is 1. The van der Waals surface area contributed by atoms with E-state index in [1.165, 1.54) is 31.2 Å². The third kappa shape index (κ3) is 3.18. The van der Waals surface area contributed by atoms with Gasteiger partial charge in [0.05, 0.1) is 4.92 Å². The van der Waals surface area contributed by atoms with Crippen LogP contribution in [-0.2, 0) is 9.84 Å². The Balaban J connectivity index is 2.98. The summed E-state index contributed by atoms with van der Waals surface area (Å²) in [4.78, 5) is 9.86. The highest BCUT2D eigenvalue weighted by Crippen LogP contribution is 2.27. The zero-order valence-electron chi connectivity index (χ0n) is 9.48. The molecular formula is C10H12ClNO5S. The van der Waals surface area contributed by atoms with Crippen molar-refractivity contribution >= 4 is 27.1 Å². The number of alkyl halides is 1. The lowest BCUT2D eigenvalue weighted by Crippen LogP contribution is -2.24. The van der Waals surface area contributed by atoms with Crippen LogP contribution in [0.15, 0.2) is 24.3 Å². The van der Waals surface area contributed by atoms with Gasteiger partial charge in [0.1, 0.15) is 6.10 Å². The second-order valence-electron chi connectivity index (χ2n) is 3.60. The summed E-state index contributed by atoms with van der Waals surface area (Å²) in [5, 5.41) is 20.2. The van der Waals surface area contributed by atoms with E-state index in [-0.39, 0.29) is 17.0 Å². The second kappa shape index (κ2) is 5.64. The molecule has 100 valence electrons. The molecule has 0 aliphatic carbocycles. The molecule has 0 saturated heterocycles. The molecule has 1 N–H and O–H groups in total. The van der Waals surface area contributed by atoms with Crippen LogP contribution >= 0.6 is 11.6 Å². The molecule has 0 radical (unpaired) electrons. The molecule has 0 bridgehead atoms. The van der Waals surface area contributed by atoms with Crippen molar-refractivity contribution in [1.82, 2.24) is 0 Å². The number of hydrogen-bond acceptors (Lipinski definition) is 5. The Labute approximate surface area is 109 Å². The molecule has 18 heavy (non-hydrogen) atoms. The normalized spacial score (nSPS) is 15.1. The molecule has 0 saturated carbocycles. The first-order valence-corrected chi connectivity index (χ1v) is 7.23. The van der Waals surface area contributed by atoms with Gasteiger partial charge in [0, 0.05) is 17.9 Å². The first-order valence-electron chi connectivity index (χ1n) is 5.07. The Hall–Kier alpha value is -1.18. The predicted molar refractivity (Wildman–Crippen MR) is 67.2 cm³/mol. The third-order valence-electron chi connectivity index (χ3n) is 2.44. The van der Waals surface area contributed by atoms with Crippen LogP contribution in [0.1, 0.15) is 18.6 Å². The first-order chi connectivity index (χ1) is 8.29. The summed E-state index contributed by atoms with van der Waals surface area (Å²) in [7, 11) is -3.59. The quantitative estimate of drug-likeness (QED) is 0.505. The Morgan fingerprint density at radius 1 is 1.39 bits per heavy atom. The summed E-state index contributed by atoms with van der Waals surface area (Å²) >= 11 is 5.69. The van der Waals surface area contributed by atoms with E-state index in [1.54, 1.807) is 0 Å². The van der Waals surface area contributed by atoms with Crippen molar-refractivity contribution in [3.8, 4) is 0 Å². The largest absolute Gasteiger partial charge is 0.386 e. The molecule has 8 heteroatoms. The number of aliphatic hydroxyl groups is 1. The zero-order valence-corrected chi connectivity index (χ0v) is 11.1. The van der Waals surface area contributed by atoms with Gasteiger partial charge in [-0.3, -0.25) is 10.1 Å². The van der Waals surface area contributed by atoms with Gasteiger partial charge in [0.2, 0.25) is 0 Å². The lowest BCUT2D eigenvalue weighted by molar-refractivity contribution is -0.384. The number of sulfone groups is 1. The van der Waals surface area contributed by atoms with E-state index >= 15 is 0 Å². The third-order valence-corrected chi connectivity index (χ3v) is 5.24. The molecular weight excluding hydrogens is 282 g/mol. The van der Waals surface area contributed by atoms with Crippen molar-refractivity contribution in [2.24, 2.45) is 0 Å². The van der Waals surface area contributed by atoms with Crippen LogP contribution < -0.4 is 0 Å². The average Bonchev–Trinajstić information content (AvgIpc) is 2.37. The summed E-state index contributed by atoms with van der Waals surface area (Å²) in [6.45, 7) is 1.42. The lowest BCUT2D eigenvalue weighted by Gasteiger charge is -2.16. The van der Waals surface area contributed by atoms with Crippen molar-refractivity contribution in [2.45, 2.75) is 17.7 Å². The van der Waals surface area contributed by atoms with Gasteiger partial charge in [0.15, 0.2) is 14.5 Å². The van der Waals surface area contributed by atoms with Crippen LogP contribution in [-0.4, -0.2) is 28.9 Å². The van der Waals surface area contributed by atoms with E-state index in [2.05, 4.69) is 0 Å². The number of benzene rings is 1. The molecule has 1 rings (SSSR count). The molecule has 0 aliphatic heterocycles. The molecule has 1 aromatic rings. The van der Waals surface area contributed by atoms with Gasteiger partial charge in [-0.05, 0) is 17.7 Å². The van der Waals surface area contributed by atoms with Gasteiger partial charge in [0.25, 0.3) is 5.69 Å². The van der Waals surface area contributed by atoms with Crippen LogP contribution in [0, 0.1) is 10.1 Å². The highest BCUT2D eigenvalue weighted by atomic mass is 35.5. The molecule has 0 unspecified atom stereocenters. The van der Waals surface area contributed by atoms with Crippen LogP contribution in [0.5, 0.6) is 0 Å². The fourth-order valence-electron chi connectivity index (χ4n) is 1.30. The molecule has 0 amide bonds. The maximum absolute atomic E-state index is 11.5. The van der Waals surface area contributed by atoms with Crippen molar-refractivity contribution in [3.63, 3.8) is 0 Å². The van der Waals surface area contributed by atoms with Crippen molar-refractivity contribution in [1.29, 1.82) is 0 Å².